The van der Waals surface area contributed by atoms with E-state index in [1.807, 2.05) is 32.0 Å². The van der Waals surface area contributed by atoms with Crippen LogP contribution in [0.3, 0.4) is 0 Å². The van der Waals surface area contributed by atoms with E-state index in [-0.39, 0.29) is 12.9 Å². The summed E-state index contributed by atoms with van der Waals surface area (Å²) in [6, 6.07) is 14.4. The third-order valence-electron chi connectivity index (χ3n) is 4.59. The minimum Gasteiger partial charge on any atom is -0.454 e. The van der Waals surface area contributed by atoms with E-state index in [9.17, 15) is 5.11 Å². The van der Waals surface area contributed by atoms with E-state index < -0.39 is 6.10 Å². The molecule has 5 nitrogen and oxygen atoms in total. The maximum absolute atomic E-state index is 10.4. The van der Waals surface area contributed by atoms with Gasteiger partial charge in [0.15, 0.2) is 11.5 Å². The van der Waals surface area contributed by atoms with Gasteiger partial charge in [0, 0.05) is 19.6 Å². The van der Waals surface area contributed by atoms with Crippen LogP contribution in [0.5, 0.6) is 11.5 Å². The lowest BCUT2D eigenvalue weighted by atomic mass is 10.1. The molecule has 1 aliphatic heterocycles. The predicted octanol–water partition coefficient (Wildman–Crippen LogP) is 3.51. The van der Waals surface area contributed by atoms with E-state index in [1.54, 1.807) is 0 Å². The van der Waals surface area contributed by atoms with Crippen molar-refractivity contribution < 1.29 is 19.3 Å². The molecule has 1 atom stereocenters. The third kappa shape index (κ3) is 5.70. The first-order valence-electron chi connectivity index (χ1n) is 9.46. The fourth-order valence-electron chi connectivity index (χ4n) is 3.17. The molecule has 146 valence electrons. The number of ether oxygens (including phenoxy) is 3. The summed E-state index contributed by atoms with van der Waals surface area (Å²) < 4.78 is 16.5. The number of hydrogen-bond acceptors (Lipinski definition) is 5. The van der Waals surface area contributed by atoms with Gasteiger partial charge in [0.25, 0.3) is 0 Å². The monoisotopic (exact) mass is 371 g/mol. The van der Waals surface area contributed by atoms with Crippen molar-refractivity contribution >= 4 is 0 Å². The highest BCUT2D eigenvalue weighted by Crippen LogP contribution is 2.33. The van der Waals surface area contributed by atoms with Gasteiger partial charge in [-0.1, -0.05) is 30.3 Å². The highest BCUT2D eigenvalue weighted by molar-refractivity contribution is 5.44. The molecule has 1 aliphatic rings. The largest absolute Gasteiger partial charge is 0.454 e. The Hall–Kier alpha value is -2.08. The Morgan fingerprint density at radius 1 is 1.07 bits per heavy atom. The van der Waals surface area contributed by atoms with Crippen molar-refractivity contribution in [2.45, 2.75) is 46.1 Å². The van der Waals surface area contributed by atoms with Crippen LogP contribution in [0.15, 0.2) is 42.5 Å². The second-order valence-electron chi connectivity index (χ2n) is 7.32. The van der Waals surface area contributed by atoms with E-state index >= 15 is 0 Å². The summed E-state index contributed by atoms with van der Waals surface area (Å²) in [7, 11) is 0. The van der Waals surface area contributed by atoms with E-state index in [0.29, 0.717) is 19.7 Å². The summed E-state index contributed by atoms with van der Waals surface area (Å²) >= 11 is 0. The van der Waals surface area contributed by atoms with Crippen LogP contribution in [0.4, 0.5) is 0 Å². The van der Waals surface area contributed by atoms with Gasteiger partial charge in [-0.15, -0.1) is 0 Å². The highest BCUT2D eigenvalue weighted by atomic mass is 16.7. The van der Waals surface area contributed by atoms with Crippen molar-refractivity contribution in [1.29, 1.82) is 0 Å². The van der Waals surface area contributed by atoms with Gasteiger partial charge in [-0.25, -0.2) is 0 Å². The zero-order valence-corrected chi connectivity index (χ0v) is 16.4. The van der Waals surface area contributed by atoms with E-state index in [4.69, 9.17) is 14.2 Å². The Labute approximate surface area is 161 Å². The number of aliphatic hydroxyl groups is 1. The van der Waals surface area contributed by atoms with Crippen molar-refractivity contribution in [3.8, 4) is 11.5 Å². The standard InChI is InChI=1S/C22H29NO4/c1-16(2)25-14-20(24)13-23(12-19-7-5-4-6-17(19)3)11-18-8-9-21-22(10-18)27-15-26-21/h4-10,16,20,24H,11-15H2,1-3H3/t20-/m0/s1. The van der Waals surface area contributed by atoms with Crippen LogP contribution in [0, 0.1) is 6.92 Å². The average Bonchev–Trinajstić information content (AvgIpc) is 3.09. The number of benzene rings is 2. The first-order valence-corrected chi connectivity index (χ1v) is 9.46. The number of aliphatic hydroxyl groups excluding tert-OH is 1. The zero-order chi connectivity index (χ0) is 19.2. The van der Waals surface area contributed by atoms with Crippen LogP contribution in [0.2, 0.25) is 0 Å². The molecule has 0 unspecified atom stereocenters. The lowest BCUT2D eigenvalue weighted by Crippen LogP contribution is -2.35. The molecular weight excluding hydrogens is 342 g/mol. The average molecular weight is 371 g/mol. The molecule has 2 aromatic rings. The number of rotatable bonds is 9. The Bertz CT molecular complexity index is 747. The third-order valence-corrected chi connectivity index (χ3v) is 4.59. The zero-order valence-electron chi connectivity index (χ0n) is 16.4. The van der Waals surface area contributed by atoms with Gasteiger partial charge in [-0.3, -0.25) is 4.90 Å². The molecule has 3 rings (SSSR count). The molecule has 0 bridgehead atoms. The number of aryl methyl sites for hydroxylation is 1. The highest BCUT2D eigenvalue weighted by Gasteiger charge is 2.17. The molecule has 27 heavy (non-hydrogen) atoms. The van der Waals surface area contributed by atoms with Gasteiger partial charge < -0.3 is 19.3 Å². The fraction of sp³-hybridized carbons (Fsp3) is 0.455. The molecule has 0 fully saturated rings. The minimum atomic E-state index is -0.537. The van der Waals surface area contributed by atoms with Gasteiger partial charge in [-0.2, -0.15) is 0 Å². The number of fused-ring (bicyclic) bond motifs is 1. The van der Waals surface area contributed by atoms with Gasteiger partial charge in [-0.05, 0) is 49.6 Å². The predicted molar refractivity (Wildman–Crippen MR) is 105 cm³/mol. The summed E-state index contributed by atoms with van der Waals surface area (Å²) in [6.07, 6.45) is -0.427. The Kier molecular flexibility index (Phi) is 6.72. The molecule has 1 N–H and O–H groups in total. The molecule has 2 aromatic carbocycles. The van der Waals surface area contributed by atoms with Crippen molar-refractivity contribution in [2.24, 2.45) is 0 Å². The van der Waals surface area contributed by atoms with Crippen LogP contribution < -0.4 is 9.47 Å². The molecular formula is C22H29NO4. The maximum atomic E-state index is 10.4. The van der Waals surface area contributed by atoms with E-state index in [1.165, 1.54) is 11.1 Å². The Morgan fingerprint density at radius 3 is 2.63 bits per heavy atom. The van der Waals surface area contributed by atoms with Gasteiger partial charge >= 0.3 is 0 Å². The van der Waals surface area contributed by atoms with Crippen LogP contribution >= 0.6 is 0 Å². The molecule has 0 spiro atoms. The van der Waals surface area contributed by atoms with Crippen molar-refractivity contribution in [3.63, 3.8) is 0 Å². The normalized spacial score (nSPS) is 14.1. The summed E-state index contributed by atoms with van der Waals surface area (Å²) in [5, 5.41) is 10.4. The second-order valence-corrected chi connectivity index (χ2v) is 7.32. The smallest absolute Gasteiger partial charge is 0.231 e. The minimum absolute atomic E-state index is 0.110. The van der Waals surface area contributed by atoms with Crippen LogP contribution in [-0.2, 0) is 17.8 Å². The van der Waals surface area contributed by atoms with Gasteiger partial charge in [0.2, 0.25) is 6.79 Å². The summed E-state index contributed by atoms with van der Waals surface area (Å²) in [6.45, 7) is 8.69. The second kappa shape index (κ2) is 9.22. The molecule has 0 aliphatic carbocycles. The lowest BCUT2D eigenvalue weighted by molar-refractivity contribution is -0.0107. The Morgan fingerprint density at radius 2 is 1.85 bits per heavy atom. The van der Waals surface area contributed by atoms with Crippen molar-refractivity contribution in [1.82, 2.24) is 4.90 Å². The van der Waals surface area contributed by atoms with Crippen LogP contribution in [0.25, 0.3) is 0 Å². The molecule has 1 heterocycles. The molecule has 0 radical (unpaired) electrons. The van der Waals surface area contributed by atoms with Gasteiger partial charge in [0.05, 0.1) is 18.8 Å². The van der Waals surface area contributed by atoms with E-state index in [2.05, 4.69) is 36.1 Å². The van der Waals surface area contributed by atoms with Gasteiger partial charge in [0.1, 0.15) is 0 Å². The molecule has 0 saturated carbocycles. The topological polar surface area (TPSA) is 51.2 Å². The maximum Gasteiger partial charge on any atom is 0.231 e. The lowest BCUT2D eigenvalue weighted by Gasteiger charge is -2.26. The first kappa shape index (κ1) is 19.7. The van der Waals surface area contributed by atoms with Crippen LogP contribution in [0.1, 0.15) is 30.5 Å². The number of hydrogen-bond donors (Lipinski definition) is 1. The molecule has 0 aromatic heterocycles. The molecule has 5 heteroatoms. The van der Waals surface area contributed by atoms with Crippen molar-refractivity contribution in [2.75, 3.05) is 19.9 Å². The molecule has 0 amide bonds. The SMILES string of the molecule is Cc1ccccc1CN(Cc1ccc2c(c1)OCO2)C[C@H](O)COC(C)C. The van der Waals surface area contributed by atoms with Crippen molar-refractivity contribution in [3.05, 3.63) is 59.2 Å². The van der Waals surface area contributed by atoms with E-state index in [0.717, 1.165) is 23.6 Å². The summed E-state index contributed by atoms with van der Waals surface area (Å²) in [4.78, 5) is 2.24. The summed E-state index contributed by atoms with van der Waals surface area (Å²) in [5.41, 5.74) is 3.64. The molecule has 0 saturated heterocycles. The first-order chi connectivity index (χ1) is 13.0. The fourth-order valence-corrected chi connectivity index (χ4v) is 3.17. The Balaban J connectivity index is 1.71. The van der Waals surface area contributed by atoms with Crippen LogP contribution in [-0.4, -0.2) is 42.2 Å². The summed E-state index contributed by atoms with van der Waals surface area (Å²) in [5.74, 6) is 1.57. The number of nitrogens with zero attached hydrogens (tertiary/aromatic N) is 1. The quantitative estimate of drug-likeness (QED) is 0.731.